The number of amides is 2. The molecule has 1 heterocycles. The van der Waals surface area contributed by atoms with Crippen molar-refractivity contribution in [2.45, 2.75) is 10.4 Å². The predicted molar refractivity (Wildman–Crippen MR) is 149 cm³/mol. The van der Waals surface area contributed by atoms with E-state index in [2.05, 4.69) is 11.1 Å². The second kappa shape index (κ2) is 12.4. The number of anilines is 1. The number of pyridine rings is 1. The number of hydrogen-bond acceptors (Lipinski definition) is 9. The summed E-state index contributed by atoms with van der Waals surface area (Å²) in [6, 6.07) is 26.9. The molecule has 4 aromatic rings. The number of imide groups is 1. The van der Waals surface area contributed by atoms with Crippen molar-refractivity contribution >= 4 is 35.7 Å². The number of methoxy groups -OCH3 is 1. The Morgan fingerprint density at radius 2 is 1.50 bits per heavy atom. The number of carbonyl (C=O) groups excluding carboxylic acids is 3. The number of carbonyl (C=O) groups is 3. The Kier molecular flexibility index (Phi) is 8.55. The molecule has 0 aliphatic heterocycles. The van der Waals surface area contributed by atoms with Gasteiger partial charge in [-0.15, -0.1) is 0 Å². The predicted octanol–water partition coefficient (Wildman–Crippen LogP) is 4.68. The van der Waals surface area contributed by atoms with Gasteiger partial charge in [0.2, 0.25) is 6.41 Å². The van der Waals surface area contributed by atoms with E-state index in [1.807, 2.05) is 6.07 Å². The summed E-state index contributed by atoms with van der Waals surface area (Å²) in [7, 11) is 1.51. The van der Waals surface area contributed by atoms with E-state index in [1.165, 1.54) is 19.2 Å². The number of nitrogens with two attached hydrogens (primary N) is 1. The average Bonchev–Trinajstić information content (AvgIpc) is 3.01. The number of aromatic nitrogens is 1. The number of thioether (sulfide) groups is 1. The second-order valence-electron chi connectivity index (χ2n) is 8.26. The lowest BCUT2D eigenvalue weighted by atomic mass is 9.97. The van der Waals surface area contributed by atoms with Gasteiger partial charge in [0, 0.05) is 16.7 Å². The zero-order chi connectivity index (χ0) is 28.6. The lowest BCUT2D eigenvalue weighted by Crippen LogP contribution is -2.42. The highest BCUT2D eigenvalue weighted by Gasteiger charge is 2.34. The van der Waals surface area contributed by atoms with Crippen molar-refractivity contribution in [1.29, 1.82) is 10.5 Å². The zero-order valence-electron chi connectivity index (χ0n) is 21.1. The van der Waals surface area contributed by atoms with E-state index in [0.29, 0.717) is 11.3 Å². The Hall–Kier alpha value is -5.45. The first kappa shape index (κ1) is 27.6. The van der Waals surface area contributed by atoms with Crippen LogP contribution in [0.2, 0.25) is 0 Å². The molecule has 0 spiro atoms. The topological polar surface area (TPSA) is 150 Å². The van der Waals surface area contributed by atoms with Crippen LogP contribution in [0.4, 0.5) is 5.82 Å². The fraction of sp³-hybridized carbons (Fsp3) is 0.0667. The zero-order valence-corrected chi connectivity index (χ0v) is 22.0. The number of hydrogen-bond donors (Lipinski definition) is 1. The van der Waals surface area contributed by atoms with Crippen LogP contribution in [0.5, 0.6) is 5.75 Å². The molecule has 0 saturated heterocycles. The molecule has 2 amide bonds. The van der Waals surface area contributed by atoms with Gasteiger partial charge in [-0.2, -0.15) is 10.5 Å². The smallest absolute Gasteiger partial charge is 0.261 e. The van der Waals surface area contributed by atoms with Gasteiger partial charge in [-0.05, 0) is 29.8 Å². The molecule has 0 bridgehead atoms. The molecule has 3 aromatic carbocycles. The monoisotopic (exact) mass is 547 g/mol. The van der Waals surface area contributed by atoms with Crippen LogP contribution in [0.1, 0.15) is 31.8 Å². The van der Waals surface area contributed by atoms with E-state index in [4.69, 9.17) is 10.5 Å². The first-order valence-electron chi connectivity index (χ1n) is 11.8. The molecule has 40 heavy (non-hydrogen) atoms. The van der Waals surface area contributed by atoms with E-state index in [0.717, 1.165) is 16.7 Å². The van der Waals surface area contributed by atoms with E-state index >= 15 is 0 Å². The highest BCUT2D eigenvalue weighted by molar-refractivity contribution is 8.00. The summed E-state index contributed by atoms with van der Waals surface area (Å²) >= 11 is 0.725. The Bertz CT molecular complexity index is 1650. The standard InChI is InChI=1S/C30H21N5O4S/c1-39-22-14-12-19(13-15-22)25-23(16-31)27(33)34-28(24(25)17-32)40-30(26(37)20-8-4-2-5-9-20)35(18-36)29(38)21-10-6-3-7-11-21/h2-15,18,30H,1H3,(H2,33,34). The first-order chi connectivity index (χ1) is 19.4. The number of Topliss-reactive ketones (excluding diaryl/α,β-unsaturated/α-hetero) is 1. The second-order valence-corrected chi connectivity index (χ2v) is 9.33. The van der Waals surface area contributed by atoms with Crippen LogP contribution < -0.4 is 10.5 Å². The van der Waals surface area contributed by atoms with Crippen molar-refractivity contribution < 1.29 is 19.1 Å². The molecule has 1 aromatic heterocycles. The third-order valence-electron chi connectivity index (χ3n) is 5.92. The molecule has 1 unspecified atom stereocenters. The van der Waals surface area contributed by atoms with E-state index < -0.39 is 17.1 Å². The van der Waals surface area contributed by atoms with Gasteiger partial charge in [0.1, 0.15) is 34.3 Å². The maximum absolute atomic E-state index is 13.7. The van der Waals surface area contributed by atoms with Crippen LogP contribution in [0, 0.1) is 22.7 Å². The Morgan fingerprint density at radius 3 is 2.02 bits per heavy atom. The van der Waals surface area contributed by atoms with Crippen molar-refractivity contribution in [2.75, 3.05) is 12.8 Å². The molecule has 1 atom stereocenters. The number of nitrogen functional groups attached to an aromatic ring is 1. The van der Waals surface area contributed by atoms with Gasteiger partial charge in [0.25, 0.3) is 5.91 Å². The molecule has 196 valence electrons. The maximum atomic E-state index is 13.7. The molecule has 4 rings (SSSR count). The quantitative estimate of drug-likeness (QED) is 0.136. The minimum Gasteiger partial charge on any atom is -0.497 e. The molecule has 0 fully saturated rings. The van der Waals surface area contributed by atoms with Crippen LogP contribution in [0.3, 0.4) is 0 Å². The highest BCUT2D eigenvalue weighted by atomic mass is 32.2. The summed E-state index contributed by atoms with van der Waals surface area (Å²) in [5.41, 5.74) is 7.22. The lowest BCUT2D eigenvalue weighted by Gasteiger charge is -2.26. The third-order valence-corrected chi connectivity index (χ3v) is 7.10. The summed E-state index contributed by atoms with van der Waals surface area (Å²) < 4.78 is 5.21. The summed E-state index contributed by atoms with van der Waals surface area (Å²) in [5, 5.41) is 18.6. The maximum Gasteiger partial charge on any atom is 0.261 e. The molecule has 9 nitrogen and oxygen atoms in total. The summed E-state index contributed by atoms with van der Waals surface area (Å²) in [6.07, 6.45) is 0.275. The molecule has 0 aliphatic rings. The van der Waals surface area contributed by atoms with Gasteiger partial charge in [0.05, 0.1) is 12.7 Å². The fourth-order valence-electron chi connectivity index (χ4n) is 3.96. The molecule has 10 heteroatoms. The van der Waals surface area contributed by atoms with Gasteiger partial charge in [0.15, 0.2) is 11.2 Å². The van der Waals surface area contributed by atoms with Crippen LogP contribution in [-0.4, -0.2) is 40.5 Å². The summed E-state index contributed by atoms with van der Waals surface area (Å²) in [4.78, 5) is 44.5. The lowest BCUT2D eigenvalue weighted by molar-refractivity contribution is -0.116. The molecule has 2 N–H and O–H groups in total. The minimum absolute atomic E-state index is 0.0215. The van der Waals surface area contributed by atoms with Crippen LogP contribution in [0.25, 0.3) is 11.1 Å². The number of ether oxygens (including phenoxy) is 1. The van der Waals surface area contributed by atoms with Gasteiger partial charge < -0.3 is 10.5 Å². The molecule has 0 radical (unpaired) electrons. The minimum atomic E-state index is -1.44. The number of ketones is 1. The SMILES string of the molecule is COc1ccc(-c2c(C#N)c(N)nc(SC(C(=O)c3ccccc3)N(C=O)C(=O)c3ccccc3)c2C#N)cc1. The van der Waals surface area contributed by atoms with Crippen molar-refractivity contribution in [3.8, 4) is 29.0 Å². The number of nitriles is 2. The first-order valence-corrected chi connectivity index (χ1v) is 12.7. The normalized spacial score (nSPS) is 11.0. The van der Waals surface area contributed by atoms with Crippen molar-refractivity contribution in [3.05, 3.63) is 107 Å². The van der Waals surface area contributed by atoms with Crippen molar-refractivity contribution in [2.24, 2.45) is 0 Å². The number of rotatable bonds is 9. The Morgan fingerprint density at radius 1 is 0.925 bits per heavy atom. The molecule has 0 saturated carbocycles. The Balaban J connectivity index is 1.89. The third kappa shape index (κ3) is 5.53. The molecule has 0 aliphatic carbocycles. The van der Waals surface area contributed by atoms with Crippen molar-refractivity contribution in [1.82, 2.24) is 9.88 Å². The average molecular weight is 548 g/mol. The summed E-state index contributed by atoms with van der Waals surface area (Å²) in [5.74, 6) is -0.894. The Labute approximate surface area is 234 Å². The van der Waals surface area contributed by atoms with Gasteiger partial charge in [-0.3, -0.25) is 19.3 Å². The van der Waals surface area contributed by atoms with Crippen molar-refractivity contribution in [3.63, 3.8) is 0 Å². The van der Waals surface area contributed by atoms with Gasteiger partial charge in [-0.1, -0.05) is 72.4 Å². The fourth-order valence-corrected chi connectivity index (χ4v) is 5.09. The molecular formula is C30H21N5O4S. The van der Waals surface area contributed by atoms with E-state index in [9.17, 15) is 24.9 Å². The van der Waals surface area contributed by atoms with Gasteiger partial charge >= 0.3 is 0 Å². The van der Waals surface area contributed by atoms with Gasteiger partial charge in [-0.25, -0.2) is 4.98 Å². The van der Waals surface area contributed by atoms with Crippen LogP contribution >= 0.6 is 11.8 Å². The number of benzene rings is 3. The molecular weight excluding hydrogens is 526 g/mol. The summed E-state index contributed by atoms with van der Waals surface area (Å²) in [6.45, 7) is 0. The van der Waals surface area contributed by atoms with Crippen LogP contribution in [0.15, 0.2) is 90.0 Å². The largest absolute Gasteiger partial charge is 0.497 e. The van der Waals surface area contributed by atoms with E-state index in [1.54, 1.807) is 72.8 Å². The highest BCUT2D eigenvalue weighted by Crippen LogP contribution is 2.38. The number of nitrogens with zero attached hydrogens (tertiary/aromatic N) is 4. The van der Waals surface area contributed by atoms with E-state index in [-0.39, 0.29) is 45.1 Å². The van der Waals surface area contributed by atoms with Crippen LogP contribution in [-0.2, 0) is 4.79 Å².